The van der Waals surface area contributed by atoms with Crippen molar-refractivity contribution in [2.45, 2.75) is 19.9 Å². The molecule has 0 amide bonds. The molecule has 11 heteroatoms. The van der Waals surface area contributed by atoms with Gasteiger partial charge in [0.1, 0.15) is 15.7 Å². The summed E-state index contributed by atoms with van der Waals surface area (Å²) in [5, 5.41) is 0. The zero-order valence-corrected chi connectivity index (χ0v) is 20.5. The molecule has 1 N–H and O–H groups in total. The molecule has 0 aliphatic heterocycles. The summed E-state index contributed by atoms with van der Waals surface area (Å²) >= 11 is 0. The number of imidazole rings is 1. The van der Waals surface area contributed by atoms with Crippen LogP contribution in [0, 0.1) is 12.7 Å². The van der Waals surface area contributed by atoms with Crippen molar-refractivity contribution in [2.75, 3.05) is 25.7 Å². The second-order valence-electron chi connectivity index (χ2n) is 8.16. The number of nitrogens with zero attached hydrogens (tertiary/aromatic N) is 3. The number of nitrogens with one attached hydrogen (secondary N) is 1. The Labute approximate surface area is 201 Å². The number of aromatic amines is 1. The lowest BCUT2D eigenvalue weighted by Gasteiger charge is -2.19. The molecule has 1 aromatic carbocycles. The maximum atomic E-state index is 14.5. The molecule has 0 unspecified atom stereocenters. The highest BCUT2D eigenvalue weighted by atomic mass is 32.2. The molecule has 0 radical (unpaired) electrons. The number of sulfone groups is 1. The molecule has 0 bridgehead atoms. The summed E-state index contributed by atoms with van der Waals surface area (Å²) in [5.41, 5.74) is 1.87. The van der Waals surface area contributed by atoms with Gasteiger partial charge in [0.05, 0.1) is 36.7 Å². The average molecular weight is 501 g/mol. The Hall–Kier alpha value is -3.73. The SMILES string of the molecule is CCOc1nc([C@@H](CS(C)(=O)=O)n2c(=O)[nH]c3cc(-c4ccc(C)cc4F)cnc32)ccc1OC. The van der Waals surface area contributed by atoms with Crippen molar-refractivity contribution in [3.63, 3.8) is 0 Å². The molecular weight excluding hydrogens is 475 g/mol. The standard InChI is InChI=1S/C24H25FN4O5S/c1-5-34-23-21(33-3)9-8-18(27-23)20(13-35(4,31)32)29-22-19(28-24(29)30)11-15(12-26-22)16-7-6-14(2)10-17(16)25/h6-12,20H,5,13H2,1-4H3,(H,28,30)/t20-/m1/s1. The first-order valence-electron chi connectivity index (χ1n) is 10.8. The highest BCUT2D eigenvalue weighted by molar-refractivity contribution is 7.90. The molecule has 9 nitrogen and oxygen atoms in total. The lowest BCUT2D eigenvalue weighted by Crippen LogP contribution is -2.29. The van der Waals surface area contributed by atoms with Crippen LogP contribution in [0.3, 0.4) is 0 Å². The topological polar surface area (TPSA) is 116 Å². The van der Waals surface area contributed by atoms with Crippen LogP contribution in [0.25, 0.3) is 22.3 Å². The molecule has 0 fully saturated rings. The van der Waals surface area contributed by atoms with E-state index in [2.05, 4.69) is 15.0 Å². The van der Waals surface area contributed by atoms with Crippen LogP contribution >= 0.6 is 0 Å². The summed E-state index contributed by atoms with van der Waals surface area (Å²) in [6.45, 7) is 3.89. The van der Waals surface area contributed by atoms with E-state index in [4.69, 9.17) is 9.47 Å². The second-order valence-corrected chi connectivity index (χ2v) is 10.3. The number of rotatable bonds is 8. The first-order valence-corrected chi connectivity index (χ1v) is 12.9. The van der Waals surface area contributed by atoms with E-state index in [1.165, 1.54) is 23.9 Å². The summed E-state index contributed by atoms with van der Waals surface area (Å²) in [7, 11) is -2.08. The van der Waals surface area contributed by atoms with Gasteiger partial charge >= 0.3 is 5.69 Å². The Kier molecular flexibility index (Phi) is 6.62. The maximum absolute atomic E-state index is 14.5. The van der Waals surface area contributed by atoms with Crippen molar-refractivity contribution >= 4 is 21.0 Å². The molecule has 35 heavy (non-hydrogen) atoms. The Morgan fingerprint density at radius 2 is 1.97 bits per heavy atom. The first kappa shape index (κ1) is 24.4. The summed E-state index contributed by atoms with van der Waals surface area (Å²) < 4.78 is 51.2. The maximum Gasteiger partial charge on any atom is 0.328 e. The predicted octanol–water partition coefficient (Wildman–Crippen LogP) is 3.28. The fraction of sp³-hybridized carbons (Fsp3) is 0.292. The second kappa shape index (κ2) is 9.49. The molecular formula is C24H25FN4O5S. The normalized spacial score (nSPS) is 12.6. The van der Waals surface area contributed by atoms with E-state index in [1.807, 2.05) is 0 Å². The van der Waals surface area contributed by atoms with E-state index in [1.54, 1.807) is 44.2 Å². The highest BCUT2D eigenvalue weighted by Crippen LogP contribution is 2.30. The summed E-state index contributed by atoms with van der Waals surface area (Å²) in [4.78, 5) is 24.6. The molecule has 1 atom stereocenters. The quantitative estimate of drug-likeness (QED) is 0.395. The zero-order chi connectivity index (χ0) is 25.3. The third-order valence-corrected chi connectivity index (χ3v) is 6.37. The largest absolute Gasteiger partial charge is 0.491 e. The highest BCUT2D eigenvalue weighted by Gasteiger charge is 2.27. The molecule has 0 aliphatic rings. The third-order valence-electron chi connectivity index (χ3n) is 5.45. The van der Waals surface area contributed by atoms with Crippen LogP contribution in [0.5, 0.6) is 11.6 Å². The van der Waals surface area contributed by atoms with Crippen molar-refractivity contribution in [1.29, 1.82) is 0 Å². The summed E-state index contributed by atoms with van der Waals surface area (Å²) in [6.07, 6.45) is 2.53. The lowest BCUT2D eigenvalue weighted by atomic mass is 10.1. The first-order chi connectivity index (χ1) is 16.6. The molecule has 0 saturated heterocycles. The minimum Gasteiger partial charge on any atom is -0.491 e. The molecule has 184 valence electrons. The monoisotopic (exact) mass is 500 g/mol. The van der Waals surface area contributed by atoms with Gasteiger partial charge < -0.3 is 14.5 Å². The van der Waals surface area contributed by atoms with Crippen molar-refractivity contribution in [3.8, 4) is 22.8 Å². The Morgan fingerprint density at radius 3 is 2.63 bits per heavy atom. The number of aromatic nitrogens is 4. The van der Waals surface area contributed by atoms with Gasteiger partial charge in [-0.25, -0.2) is 27.6 Å². The van der Waals surface area contributed by atoms with E-state index in [0.717, 1.165) is 11.8 Å². The molecule has 0 spiro atoms. The minimum atomic E-state index is -3.55. The summed E-state index contributed by atoms with van der Waals surface area (Å²) in [6, 6.07) is 8.65. The summed E-state index contributed by atoms with van der Waals surface area (Å²) in [5.74, 6) is -0.249. The van der Waals surface area contributed by atoms with Crippen LogP contribution in [-0.2, 0) is 9.84 Å². The fourth-order valence-electron chi connectivity index (χ4n) is 3.91. The third kappa shape index (κ3) is 5.04. The van der Waals surface area contributed by atoms with Crippen LogP contribution < -0.4 is 15.2 Å². The predicted molar refractivity (Wildman–Crippen MR) is 130 cm³/mol. The van der Waals surface area contributed by atoms with Crippen LogP contribution in [0.4, 0.5) is 4.39 Å². The number of pyridine rings is 2. The van der Waals surface area contributed by atoms with Gasteiger partial charge in [-0.1, -0.05) is 12.1 Å². The number of halogens is 1. The zero-order valence-electron chi connectivity index (χ0n) is 19.7. The molecule has 4 aromatic rings. The fourth-order valence-corrected chi connectivity index (χ4v) is 4.80. The molecule has 0 saturated carbocycles. The van der Waals surface area contributed by atoms with E-state index in [9.17, 15) is 17.6 Å². The number of hydrogen-bond acceptors (Lipinski definition) is 7. The average Bonchev–Trinajstić information content (AvgIpc) is 3.11. The van der Waals surface area contributed by atoms with E-state index < -0.39 is 33.1 Å². The number of benzene rings is 1. The smallest absolute Gasteiger partial charge is 0.328 e. The number of ether oxygens (including phenoxy) is 2. The van der Waals surface area contributed by atoms with Gasteiger partial charge in [-0.15, -0.1) is 0 Å². The van der Waals surface area contributed by atoms with Crippen molar-refractivity contribution in [2.24, 2.45) is 0 Å². The number of fused-ring (bicyclic) bond motifs is 1. The van der Waals surface area contributed by atoms with Crippen molar-refractivity contribution in [3.05, 3.63) is 70.2 Å². The van der Waals surface area contributed by atoms with Gasteiger partial charge in [0, 0.05) is 23.6 Å². The Morgan fingerprint density at radius 1 is 1.20 bits per heavy atom. The van der Waals surface area contributed by atoms with Gasteiger partial charge in [-0.2, -0.15) is 0 Å². The number of aryl methyl sites for hydroxylation is 1. The van der Waals surface area contributed by atoms with E-state index in [-0.39, 0.29) is 17.2 Å². The van der Waals surface area contributed by atoms with Crippen LogP contribution in [0.1, 0.15) is 24.2 Å². The van der Waals surface area contributed by atoms with Crippen molar-refractivity contribution < 1.29 is 22.3 Å². The number of methoxy groups -OCH3 is 1. The molecule has 3 aromatic heterocycles. The Bertz CT molecular complexity index is 1560. The number of H-pyrrole nitrogens is 1. The van der Waals surface area contributed by atoms with Crippen LogP contribution in [0.2, 0.25) is 0 Å². The minimum absolute atomic E-state index is 0.184. The van der Waals surface area contributed by atoms with E-state index in [0.29, 0.717) is 29.0 Å². The molecule has 3 heterocycles. The van der Waals surface area contributed by atoms with Gasteiger partial charge in [0.25, 0.3) is 5.88 Å². The number of hydrogen-bond donors (Lipinski definition) is 1. The van der Waals surface area contributed by atoms with Crippen LogP contribution in [0.15, 0.2) is 47.4 Å². The van der Waals surface area contributed by atoms with Gasteiger partial charge in [0.2, 0.25) is 0 Å². The van der Waals surface area contributed by atoms with Crippen molar-refractivity contribution in [1.82, 2.24) is 19.5 Å². The van der Waals surface area contributed by atoms with Gasteiger partial charge in [0.15, 0.2) is 11.4 Å². The Balaban J connectivity index is 1.88. The van der Waals surface area contributed by atoms with Gasteiger partial charge in [-0.3, -0.25) is 4.57 Å². The van der Waals surface area contributed by atoms with Gasteiger partial charge in [-0.05, 0) is 43.7 Å². The van der Waals surface area contributed by atoms with E-state index >= 15 is 0 Å². The lowest BCUT2D eigenvalue weighted by molar-refractivity contribution is 0.296. The molecule has 4 rings (SSSR count). The molecule has 0 aliphatic carbocycles. The van der Waals surface area contributed by atoms with Crippen LogP contribution in [-0.4, -0.2) is 53.7 Å².